The lowest BCUT2D eigenvalue weighted by molar-refractivity contribution is -0.128. The molecule has 0 unspecified atom stereocenters. The molecule has 0 radical (unpaired) electrons. The molecule has 25 heavy (non-hydrogen) atoms. The molecule has 6 heteroatoms. The van der Waals surface area contributed by atoms with E-state index in [-0.39, 0.29) is 29.7 Å². The molecule has 3 rings (SSSR count). The largest absolute Gasteiger partial charge is 0.338 e. The smallest absolute Gasteiger partial charge is 0.248 e. The monoisotopic (exact) mass is 339 g/mol. The molecule has 2 aromatic rings. The number of likely N-dealkylation sites (tertiary alicyclic amines) is 1. The fraction of sp³-hybridized carbons (Fsp3) is 0.316. The zero-order chi connectivity index (χ0) is 18.0. The fourth-order valence-corrected chi connectivity index (χ4v) is 2.96. The number of pyridine rings is 1. The molecular formula is C19H21N3O3. The quantitative estimate of drug-likeness (QED) is 0.893. The highest BCUT2D eigenvalue weighted by atomic mass is 16.2. The number of rotatable bonds is 4. The minimum atomic E-state index is -0.385. The number of benzene rings is 1. The number of nitrogens with one attached hydrogen (secondary N) is 2. The van der Waals surface area contributed by atoms with Crippen LogP contribution in [0.4, 0.5) is 5.69 Å². The maximum Gasteiger partial charge on any atom is 0.248 e. The van der Waals surface area contributed by atoms with Gasteiger partial charge < -0.3 is 15.2 Å². The Hall–Kier alpha value is -2.89. The van der Waals surface area contributed by atoms with Crippen molar-refractivity contribution in [2.45, 2.75) is 26.8 Å². The van der Waals surface area contributed by atoms with Gasteiger partial charge in [-0.05, 0) is 25.0 Å². The number of hydrogen-bond donors (Lipinski definition) is 2. The molecule has 2 heterocycles. The van der Waals surface area contributed by atoms with Gasteiger partial charge >= 0.3 is 0 Å². The van der Waals surface area contributed by atoms with E-state index in [1.807, 2.05) is 31.2 Å². The van der Waals surface area contributed by atoms with Crippen LogP contribution in [0, 0.1) is 19.8 Å². The topological polar surface area (TPSA) is 82.3 Å². The highest BCUT2D eigenvalue weighted by Crippen LogP contribution is 2.22. The molecule has 1 aliphatic heterocycles. The van der Waals surface area contributed by atoms with Gasteiger partial charge in [-0.25, -0.2) is 0 Å². The van der Waals surface area contributed by atoms with E-state index in [0.717, 1.165) is 5.56 Å². The average molecular weight is 339 g/mol. The molecule has 130 valence electrons. The maximum atomic E-state index is 12.5. The van der Waals surface area contributed by atoms with E-state index in [1.165, 1.54) is 17.8 Å². The Morgan fingerprint density at radius 3 is 2.64 bits per heavy atom. The summed E-state index contributed by atoms with van der Waals surface area (Å²) in [6.07, 6.45) is 1.69. The van der Waals surface area contributed by atoms with Crippen molar-refractivity contribution in [2.24, 2.45) is 5.92 Å². The normalized spacial score (nSPS) is 17.0. The molecule has 1 atom stereocenters. The van der Waals surface area contributed by atoms with E-state index in [0.29, 0.717) is 24.3 Å². The first-order valence-corrected chi connectivity index (χ1v) is 8.26. The lowest BCUT2D eigenvalue weighted by Gasteiger charge is -2.17. The van der Waals surface area contributed by atoms with Gasteiger partial charge in [0.1, 0.15) is 0 Å². The van der Waals surface area contributed by atoms with Gasteiger partial charge in [0.2, 0.25) is 17.4 Å². The van der Waals surface area contributed by atoms with Crippen LogP contribution in [0.15, 0.2) is 41.3 Å². The van der Waals surface area contributed by atoms with Gasteiger partial charge in [-0.15, -0.1) is 0 Å². The summed E-state index contributed by atoms with van der Waals surface area (Å²) in [5.74, 6) is -0.599. The molecule has 6 nitrogen and oxygen atoms in total. The van der Waals surface area contributed by atoms with Crippen molar-refractivity contribution in [3.63, 3.8) is 0 Å². The number of carbonyl (C=O) groups excluding carboxylic acids is 2. The Balaban J connectivity index is 1.64. The minimum absolute atomic E-state index is 0.0149. The number of nitrogens with zero attached hydrogens (tertiary/aromatic N) is 1. The Bertz CT molecular complexity index is 855. The molecule has 0 saturated carbocycles. The van der Waals surface area contributed by atoms with E-state index >= 15 is 0 Å². The van der Waals surface area contributed by atoms with Crippen molar-refractivity contribution >= 4 is 17.5 Å². The van der Waals surface area contributed by atoms with Crippen molar-refractivity contribution in [1.29, 1.82) is 0 Å². The second-order valence-electron chi connectivity index (χ2n) is 6.54. The lowest BCUT2D eigenvalue weighted by atomic mass is 10.1. The average Bonchev–Trinajstić information content (AvgIpc) is 2.93. The second-order valence-corrected chi connectivity index (χ2v) is 6.54. The van der Waals surface area contributed by atoms with E-state index in [2.05, 4.69) is 10.3 Å². The first kappa shape index (κ1) is 17.0. The summed E-state index contributed by atoms with van der Waals surface area (Å²) in [6.45, 7) is 4.69. The third kappa shape index (κ3) is 3.96. The predicted octanol–water partition coefficient (Wildman–Crippen LogP) is 1.98. The fourth-order valence-electron chi connectivity index (χ4n) is 2.96. The van der Waals surface area contributed by atoms with Gasteiger partial charge in [-0.3, -0.25) is 14.4 Å². The lowest BCUT2D eigenvalue weighted by Crippen LogP contribution is -2.28. The first-order chi connectivity index (χ1) is 11.9. The van der Waals surface area contributed by atoms with Crippen molar-refractivity contribution in [3.8, 4) is 0 Å². The van der Waals surface area contributed by atoms with Crippen LogP contribution in [-0.4, -0.2) is 28.2 Å². The molecule has 1 aromatic heterocycles. The molecule has 2 N–H and O–H groups in total. The molecule has 2 amide bonds. The number of H-pyrrole nitrogens is 1. The Labute approximate surface area is 145 Å². The maximum absolute atomic E-state index is 12.5. The third-order valence-electron chi connectivity index (χ3n) is 4.47. The predicted molar refractivity (Wildman–Crippen MR) is 95.1 cm³/mol. The summed E-state index contributed by atoms with van der Waals surface area (Å²) in [5.41, 5.74) is 3.27. The molecule has 0 bridgehead atoms. The first-order valence-electron chi connectivity index (χ1n) is 8.26. The number of aromatic nitrogens is 1. The Morgan fingerprint density at radius 2 is 1.96 bits per heavy atom. The van der Waals surface area contributed by atoms with Crippen LogP contribution < -0.4 is 10.9 Å². The van der Waals surface area contributed by atoms with E-state index in [1.54, 1.807) is 11.8 Å². The van der Waals surface area contributed by atoms with Crippen molar-refractivity contribution < 1.29 is 9.59 Å². The van der Waals surface area contributed by atoms with Crippen molar-refractivity contribution in [3.05, 3.63) is 63.6 Å². The van der Waals surface area contributed by atoms with Crippen molar-refractivity contribution in [2.75, 3.05) is 11.9 Å². The van der Waals surface area contributed by atoms with Crippen LogP contribution >= 0.6 is 0 Å². The number of anilines is 1. The number of aromatic amines is 1. The summed E-state index contributed by atoms with van der Waals surface area (Å²) in [7, 11) is 0. The van der Waals surface area contributed by atoms with E-state index < -0.39 is 0 Å². The zero-order valence-corrected chi connectivity index (χ0v) is 14.3. The van der Waals surface area contributed by atoms with Gasteiger partial charge in [0, 0.05) is 31.8 Å². The number of hydrogen-bond acceptors (Lipinski definition) is 3. The molecule has 1 saturated heterocycles. The van der Waals surface area contributed by atoms with Crippen molar-refractivity contribution in [1.82, 2.24) is 9.88 Å². The van der Waals surface area contributed by atoms with Gasteiger partial charge in [0.15, 0.2) is 0 Å². The Morgan fingerprint density at radius 1 is 1.24 bits per heavy atom. The van der Waals surface area contributed by atoms with Crippen LogP contribution in [0.1, 0.15) is 23.1 Å². The highest BCUT2D eigenvalue weighted by Gasteiger charge is 2.34. The van der Waals surface area contributed by atoms with Crippen LogP contribution in [0.2, 0.25) is 0 Å². The molecule has 0 spiro atoms. The standard InChI is InChI=1S/C19H21N3O3/c1-12-3-5-14(6-4-12)10-22-11-15(8-18(22)24)19(25)21-16-9-20-17(23)7-13(16)2/h3-7,9,15H,8,10-11H2,1-2H3,(H,20,23)(H,21,25)/t15-/m0/s1. The van der Waals surface area contributed by atoms with Gasteiger partial charge in [-0.1, -0.05) is 29.8 Å². The summed E-state index contributed by atoms with van der Waals surface area (Å²) in [6, 6.07) is 9.45. The minimum Gasteiger partial charge on any atom is -0.338 e. The number of aryl methyl sites for hydroxylation is 2. The Kier molecular flexibility index (Phi) is 4.70. The van der Waals surface area contributed by atoms with E-state index in [4.69, 9.17) is 0 Å². The number of carbonyl (C=O) groups is 2. The van der Waals surface area contributed by atoms with Gasteiger partial charge in [-0.2, -0.15) is 0 Å². The van der Waals surface area contributed by atoms with Gasteiger partial charge in [0.25, 0.3) is 0 Å². The summed E-state index contributed by atoms with van der Waals surface area (Å²) in [5, 5.41) is 2.80. The summed E-state index contributed by atoms with van der Waals surface area (Å²) in [4.78, 5) is 40.2. The van der Waals surface area contributed by atoms with Crippen LogP contribution in [0.25, 0.3) is 0 Å². The number of amides is 2. The molecular weight excluding hydrogens is 318 g/mol. The summed E-state index contributed by atoms with van der Waals surface area (Å²) < 4.78 is 0. The zero-order valence-electron chi connectivity index (χ0n) is 14.3. The van der Waals surface area contributed by atoms with E-state index in [9.17, 15) is 14.4 Å². The SMILES string of the molecule is Cc1ccc(CN2C[C@@H](C(=O)Nc3c[nH]c(=O)cc3C)CC2=O)cc1. The van der Waals surface area contributed by atoms with Gasteiger partial charge in [0.05, 0.1) is 11.6 Å². The highest BCUT2D eigenvalue weighted by molar-refractivity contribution is 5.97. The summed E-state index contributed by atoms with van der Waals surface area (Å²) >= 11 is 0. The van der Waals surface area contributed by atoms with Crippen LogP contribution in [0.5, 0.6) is 0 Å². The third-order valence-corrected chi connectivity index (χ3v) is 4.47. The molecule has 1 fully saturated rings. The molecule has 1 aliphatic rings. The molecule has 0 aliphatic carbocycles. The molecule has 1 aromatic carbocycles. The van der Waals surface area contributed by atoms with Crippen LogP contribution in [-0.2, 0) is 16.1 Å². The second kappa shape index (κ2) is 6.93. The van der Waals surface area contributed by atoms with Crippen LogP contribution in [0.3, 0.4) is 0 Å².